The largest absolute Gasteiger partial charge is 0.311 e. The summed E-state index contributed by atoms with van der Waals surface area (Å²) in [4.78, 5) is 8.97. The third-order valence-corrected chi connectivity index (χ3v) is 4.65. The number of alkyl halides is 1. The van der Waals surface area contributed by atoms with Crippen LogP contribution in [0.5, 0.6) is 0 Å². The molecule has 0 amide bonds. The first kappa shape index (κ1) is 13.2. The number of rotatable bonds is 3. The summed E-state index contributed by atoms with van der Waals surface area (Å²) in [6.07, 6.45) is 5.62. The van der Waals surface area contributed by atoms with Crippen LogP contribution in [0.4, 0.5) is 0 Å². The Bertz CT molecular complexity index is 594. The highest BCUT2D eigenvalue weighted by Gasteiger charge is 2.25. The first-order chi connectivity index (χ1) is 9.19. The van der Waals surface area contributed by atoms with Gasteiger partial charge in [-0.05, 0) is 24.3 Å². The molecular weight excluding hydrogens is 281 g/mol. The number of pyridine rings is 1. The fourth-order valence-corrected chi connectivity index (χ4v) is 3.41. The van der Waals surface area contributed by atoms with E-state index in [9.17, 15) is 0 Å². The van der Waals surface area contributed by atoms with Crippen LogP contribution in [0.1, 0.15) is 32.0 Å². The number of halogens is 2. The number of nitrogens with zero attached hydrogens (tertiary/aromatic N) is 3. The predicted octanol–water partition coefficient (Wildman–Crippen LogP) is 4.26. The Morgan fingerprint density at radius 1 is 1.42 bits per heavy atom. The molecule has 1 saturated carbocycles. The molecule has 19 heavy (non-hydrogen) atoms. The normalized spacial score (nSPS) is 23.3. The van der Waals surface area contributed by atoms with Crippen LogP contribution in [-0.4, -0.2) is 14.5 Å². The Morgan fingerprint density at radius 3 is 2.95 bits per heavy atom. The van der Waals surface area contributed by atoms with Gasteiger partial charge < -0.3 is 4.57 Å². The van der Waals surface area contributed by atoms with Gasteiger partial charge in [0.15, 0.2) is 5.65 Å². The van der Waals surface area contributed by atoms with Crippen LogP contribution in [0.25, 0.3) is 11.2 Å². The lowest BCUT2D eigenvalue weighted by Crippen LogP contribution is -2.15. The van der Waals surface area contributed by atoms with E-state index < -0.39 is 0 Å². The molecule has 0 aliphatic heterocycles. The van der Waals surface area contributed by atoms with Crippen LogP contribution < -0.4 is 0 Å². The van der Waals surface area contributed by atoms with Crippen molar-refractivity contribution in [1.29, 1.82) is 0 Å². The lowest BCUT2D eigenvalue weighted by atomic mass is 9.98. The molecule has 0 aromatic carbocycles. The molecule has 1 aliphatic rings. The molecule has 0 radical (unpaired) electrons. The van der Waals surface area contributed by atoms with Crippen molar-refractivity contribution in [2.75, 3.05) is 0 Å². The van der Waals surface area contributed by atoms with Gasteiger partial charge in [-0.15, -0.1) is 11.6 Å². The maximum atomic E-state index is 6.02. The molecule has 2 atom stereocenters. The lowest BCUT2D eigenvalue weighted by molar-refractivity contribution is 0.364. The van der Waals surface area contributed by atoms with Gasteiger partial charge >= 0.3 is 0 Å². The number of fused-ring (bicyclic) bond motifs is 1. The molecule has 2 unspecified atom stereocenters. The molecular formula is C14H17Cl2N3. The van der Waals surface area contributed by atoms with Gasteiger partial charge in [0.2, 0.25) is 0 Å². The van der Waals surface area contributed by atoms with Crippen molar-refractivity contribution >= 4 is 34.4 Å². The molecule has 0 N–H and O–H groups in total. The molecule has 1 aliphatic carbocycles. The van der Waals surface area contributed by atoms with E-state index in [0.29, 0.717) is 16.8 Å². The molecule has 102 valence electrons. The molecule has 0 bridgehead atoms. The number of imidazole rings is 1. The summed E-state index contributed by atoms with van der Waals surface area (Å²) in [5, 5.41) is 0.618. The van der Waals surface area contributed by atoms with Crippen molar-refractivity contribution in [3.63, 3.8) is 0 Å². The summed E-state index contributed by atoms with van der Waals surface area (Å²) in [5.74, 6) is 2.78. The lowest BCUT2D eigenvalue weighted by Gasteiger charge is -2.17. The molecule has 0 saturated heterocycles. The zero-order chi connectivity index (χ0) is 13.4. The zero-order valence-corrected chi connectivity index (χ0v) is 12.5. The highest BCUT2D eigenvalue weighted by molar-refractivity contribution is 6.31. The monoisotopic (exact) mass is 297 g/mol. The summed E-state index contributed by atoms with van der Waals surface area (Å²) >= 11 is 12.0. The average Bonchev–Trinajstić information content (AvgIpc) is 2.94. The van der Waals surface area contributed by atoms with Crippen LogP contribution in [-0.2, 0) is 12.4 Å². The maximum absolute atomic E-state index is 6.02. The SMILES string of the molecule is CC1CCCC1Cn1c(CCl)nc2cc(Cl)cnc21. The molecule has 0 spiro atoms. The Hall–Kier alpha value is -0.800. The smallest absolute Gasteiger partial charge is 0.160 e. The van der Waals surface area contributed by atoms with Crippen LogP contribution in [0.2, 0.25) is 5.02 Å². The second kappa shape index (κ2) is 5.29. The third kappa shape index (κ3) is 2.46. The number of hydrogen-bond donors (Lipinski definition) is 0. The molecule has 3 nitrogen and oxygen atoms in total. The summed E-state index contributed by atoms with van der Waals surface area (Å²) in [6, 6.07) is 1.86. The van der Waals surface area contributed by atoms with E-state index in [2.05, 4.69) is 21.5 Å². The van der Waals surface area contributed by atoms with E-state index in [1.165, 1.54) is 19.3 Å². The summed E-state index contributed by atoms with van der Waals surface area (Å²) in [7, 11) is 0. The summed E-state index contributed by atoms with van der Waals surface area (Å²) < 4.78 is 2.17. The Morgan fingerprint density at radius 2 is 2.26 bits per heavy atom. The van der Waals surface area contributed by atoms with Crippen LogP contribution in [0.15, 0.2) is 12.3 Å². The minimum atomic E-state index is 0.412. The highest BCUT2D eigenvalue weighted by Crippen LogP contribution is 2.33. The topological polar surface area (TPSA) is 30.7 Å². The predicted molar refractivity (Wildman–Crippen MR) is 78.6 cm³/mol. The summed E-state index contributed by atoms with van der Waals surface area (Å²) in [5.41, 5.74) is 1.74. The number of hydrogen-bond acceptors (Lipinski definition) is 2. The minimum absolute atomic E-state index is 0.412. The Balaban J connectivity index is 2.00. The summed E-state index contributed by atoms with van der Waals surface area (Å²) in [6.45, 7) is 3.30. The van der Waals surface area contributed by atoms with E-state index in [0.717, 1.165) is 29.5 Å². The van der Waals surface area contributed by atoms with Gasteiger partial charge in [0.05, 0.1) is 10.9 Å². The van der Waals surface area contributed by atoms with Gasteiger partial charge in [-0.1, -0.05) is 31.4 Å². The highest BCUT2D eigenvalue weighted by atomic mass is 35.5. The molecule has 1 fully saturated rings. The van der Waals surface area contributed by atoms with Gasteiger partial charge in [0.1, 0.15) is 11.3 Å². The minimum Gasteiger partial charge on any atom is -0.311 e. The molecule has 5 heteroatoms. The van der Waals surface area contributed by atoms with Crippen LogP contribution in [0, 0.1) is 11.8 Å². The van der Waals surface area contributed by atoms with E-state index in [1.54, 1.807) is 6.20 Å². The van der Waals surface area contributed by atoms with Crippen molar-refractivity contribution in [2.24, 2.45) is 11.8 Å². The first-order valence-corrected chi connectivity index (χ1v) is 7.67. The van der Waals surface area contributed by atoms with Gasteiger partial charge in [-0.25, -0.2) is 9.97 Å². The quantitative estimate of drug-likeness (QED) is 0.793. The van der Waals surface area contributed by atoms with Crippen molar-refractivity contribution in [3.05, 3.63) is 23.1 Å². The van der Waals surface area contributed by atoms with E-state index >= 15 is 0 Å². The standard InChI is InChI=1S/C14H17Cl2N3/c1-9-3-2-4-10(9)8-19-13(6-15)18-12-5-11(16)7-17-14(12)19/h5,7,9-10H,2-4,6,8H2,1H3. The van der Waals surface area contributed by atoms with Gasteiger partial charge in [0, 0.05) is 12.7 Å². The Kier molecular flexibility index (Phi) is 3.68. The van der Waals surface area contributed by atoms with Crippen LogP contribution >= 0.6 is 23.2 Å². The molecule has 3 rings (SSSR count). The van der Waals surface area contributed by atoms with Crippen molar-refractivity contribution < 1.29 is 0 Å². The Labute approximate surface area is 122 Å². The molecule has 2 heterocycles. The maximum Gasteiger partial charge on any atom is 0.160 e. The van der Waals surface area contributed by atoms with Gasteiger partial charge in [-0.2, -0.15) is 0 Å². The van der Waals surface area contributed by atoms with Crippen molar-refractivity contribution in [3.8, 4) is 0 Å². The second-order valence-corrected chi connectivity index (χ2v) is 6.14. The molecule has 2 aromatic heterocycles. The van der Waals surface area contributed by atoms with Crippen molar-refractivity contribution in [2.45, 2.75) is 38.6 Å². The fourth-order valence-electron chi connectivity index (χ4n) is 3.06. The third-order valence-electron chi connectivity index (χ3n) is 4.21. The zero-order valence-electron chi connectivity index (χ0n) is 10.9. The average molecular weight is 298 g/mol. The van der Waals surface area contributed by atoms with Gasteiger partial charge in [0.25, 0.3) is 0 Å². The second-order valence-electron chi connectivity index (χ2n) is 5.44. The van der Waals surface area contributed by atoms with Gasteiger partial charge in [-0.3, -0.25) is 0 Å². The first-order valence-electron chi connectivity index (χ1n) is 6.75. The molecule has 2 aromatic rings. The van der Waals surface area contributed by atoms with E-state index in [1.807, 2.05) is 6.07 Å². The van der Waals surface area contributed by atoms with E-state index in [-0.39, 0.29) is 0 Å². The fraction of sp³-hybridized carbons (Fsp3) is 0.571. The number of aromatic nitrogens is 3. The van der Waals surface area contributed by atoms with Crippen LogP contribution in [0.3, 0.4) is 0 Å². The van der Waals surface area contributed by atoms with Crippen molar-refractivity contribution in [1.82, 2.24) is 14.5 Å². The van der Waals surface area contributed by atoms with E-state index in [4.69, 9.17) is 23.2 Å².